The zero-order valence-electron chi connectivity index (χ0n) is 17.5. The summed E-state index contributed by atoms with van der Waals surface area (Å²) >= 11 is 2.87. The van der Waals surface area contributed by atoms with Crippen LogP contribution >= 0.6 is 23.1 Å². The summed E-state index contributed by atoms with van der Waals surface area (Å²) in [6.45, 7) is 4.24. The first-order valence-electron chi connectivity index (χ1n) is 9.98. The van der Waals surface area contributed by atoms with Crippen LogP contribution < -0.4 is 5.01 Å². The van der Waals surface area contributed by atoms with Gasteiger partial charge in [-0.05, 0) is 56.0 Å². The van der Waals surface area contributed by atoms with E-state index in [1.165, 1.54) is 29.2 Å². The number of thioether (sulfide) groups is 1. The molecule has 0 aliphatic carbocycles. The first-order chi connectivity index (χ1) is 15.4. The van der Waals surface area contributed by atoms with Gasteiger partial charge in [-0.15, -0.1) is 11.3 Å². The normalized spacial score (nSPS) is 17.9. The number of hydrogen-bond donors (Lipinski definition) is 0. The van der Waals surface area contributed by atoms with Gasteiger partial charge >= 0.3 is 0 Å². The molecule has 6 nitrogen and oxygen atoms in total. The Morgan fingerprint density at radius 3 is 2.62 bits per heavy atom. The number of thiazole rings is 1. The molecule has 0 saturated heterocycles. The molecule has 32 heavy (non-hydrogen) atoms. The molecular formula is C22H20F2N6S2. The predicted molar refractivity (Wildman–Crippen MR) is 126 cm³/mol. The molecule has 1 aliphatic rings. The van der Waals surface area contributed by atoms with Crippen molar-refractivity contribution in [1.82, 2.24) is 4.98 Å². The van der Waals surface area contributed by atoms with Crippen molar-refractivity contribution < 1.29 is 8.78 Å². The minimum absolute atomic E-state index is 0.109. The highest BCUT2D eigenvalue weighted by Crippen LogP contribution is 2.53. The van der Waals surface area contributed by atoms with Crippen molar-refractivity contribution in [3.63, 3.8) is 0 Å². The van der Waals surface area contributed by atoms with E-state index in [-0.39, 0.29) is 5.56 Å². The van der Waals surface area contributed by atoms with Crippen molar-refractivity contribution in [2.24, 2.45) is 10.2 Å². The number of hydrogen-bond acceptors (Lipinski definition) is 6. The first kappa shape index (κ1) is 22.3. The quantitative estimate of drug-likeness (QED) is 0.163. The van der Waals surface area contributed by atoms with Gasteiger partial charge in [0.05, 0.1) is 5.69 Å². The van der Waals surface area contributed by atoms with Crippen LogP contribution in [0.3, 0.4) is 0 Å². The lowest BCUT2D eigenvalue weighted by Crippen LogP contribution is -2.37. The van der Waals surface area contributed by atoms with E-state index in [0.29, 0.717) is 29.6 Å². The lowest BCUT2D eigenvalue weighted by molar-refractivity contribution is 0.526. The Kier molecular flexibility index (Phi) is 6.45. The maximum absolute atomic E-state index is 14.7. The van der Waals surface area contributed by atoms with E-state index in [1.54, 1.807) is 0 Å². The van der Waals surface area contributed by atoms with Gasteiger partial charge in [-0.1, -0.05) is 47.2 Å². The third-order valence-corrected chi connectivity index (χ3v) is 7.71. The molecule has 1 atom stereocenters. The molecule has 1 unspecified atom stereocenters. The van der Waals surface area contributed by atoms with Gasteiger partial charge in [0.2, 0.25) is 5.13 Å². The zero-order valence-corrected chi connectivity index (χ0v) is 19.1. The lowest BCUT2D eigenvalue weighted by atomic mass is 10.0. The maximum atomic E-state index is 14.7. The summed E-state index contributed by atoms with van der Waals surface area (Å²) in [5, 5.41) is 11.3. The number of nitrogens with zero attached hydrogens (tertiary/aromatic N) is 6. The monoisotopic (exact) mass is 470 g/mol. The van der Waals surface area contributed by atoms with Crippen molar-refractivity contribution >= 4 is 33.3 Å². The molecule has 3 aromatic rings. The summed E-state index contributed by atoms with van der Waals surface area (Å²) < 4.78 is 28.7. The Labute approximate surface area is 192 Å². The molecule has 0 spiro atoms. The second-order valence-electron chi connectivity index (χ2n) is 7.29. The van der Waals surface area contributed by atoms with Crippen molar-refractivity contribution in [3.05, 3.63) is 92.3 Å². The third-order valence-electron chi connectivity index (χ3n) is 5.22. The topological polar surface area (TPSA) is 77.2 Å². The van der Waals surface area contributed by atoms with E-state index in [9.17, 15) is 8.78 Å². The summed E-state index contributed by atoms with van der Waals surface area (Å²) in [4.78, 5) is 7.85. The maximum Gasteiger partial charge on any atom is 0.208 e. The Hall–Kier alpha value is -2.94. The smallest absolute Gasteiger partial charge is 0.208 e. The molecule has 4 rings (SSSR count). The summed E-state index contributed by atoms with van der Waals surface area (Å²) in [7, 11) is 0. The molecular weight excluding hydrogens is 450 g/mol. The fraction of sp³-hybridized carbons (Fsp3) is 0.273. The number of anilines is 1. The van der Waals surface area contributed by atoms with Gasteiger partial charge in [-0.3, -0.25) is 0 Å². The van der Waals surface area contributed by atoms with Crippen LogP contribution in [0.4, 0.5) is 13.9 Å². The average Bonchev–Trinajstić information content (AvgIpc) is 3.34. The van der Waals surface area contributed by atoms with E-state index in [0.717, 1.165) is 28.3 Å². The molecule has 0 saturated carbocycles. The molecule has 0 amide bonds. The number of halogens is 2. The molecule has 164 valence electrons. The van der Waals surface area contributed by atoms with Gasteiger partial charge in [0.1, 0.15) is 21.5 Å². The molecule has 2 heterocycles. The predicted octanol–water partition coefficient (Wildman–Crippen LogP) is 6.90. The van der Waals surface area contributed by atoms with E-state index in [1.807, 2.05) is 49.2 Å². The number of aryl methyl sites for hydroxylation is 2. The van der Waals surface area contributed by atoms with E-state index < -0.39 is 16.5 Å². The molecule has 0 radical (unpaired) electrons. The van der Waals surface area contributed by atoms with Crippen LogP contribution in [-0.4, -0.2) is 16.6 Å². The van der Waals surface area contributed by atoms with Crippen LogP contribution in [0.5, 0.6) is 0 Å². The molecule has 0 fully saturated rings. The third kappa shape index (κ3) is 4.21. The van der Waals surface area contributed by atoms with Gasteiger partial charge in [-0.2, -0.15) is 5.10 Å². The van der Waals surface area contributed by atoms with Crippen LogP contribution in [0.25, 0.3) is 10.4 Å². The zero-order chi connectivity index (χ0) is 22.7. The van der Waals surface area contributed by atoms with Gasteiger partial charge in [0.25, 0.3) is 0 Å². The Morgan fingerprint density at radius 2 is 1.94 bits per heavy atom. The van der Waals surface area contributed by atoms with E-state index >= 15 is 0 Å². The highest BCUT2D eigenvalue weighted by molar-refractivity contribution is 8.15. The van der Waals surface area contributed by atoms with E-state index in [4.69, 9.17) is 15.6 Å². The SMILES string of the molecule is Cc1nc(N2N=C(c3cc(F)ccc3F)SC2(CCCN=[N+]=[N-])c2ccccc2)sc1C. The molecule has 0 N–H and O–H groups in total. The Balaban J connectivity index is 1.87. The molecule has 2 aromatic carbocycles. The first-order valence-corrected chi connectivity index (χ1v) is 11.6. The highest BCUT2D eigenvalue weighted by atomic mass is 32.2. The minimum Gasteiger partial charge on any atom is -0.224 e. The second-order valence-corrected chi connectivity index (χ2v) is 9.74. The van der Waals surface area contributed by atoms with Crippen molar-refractivity contribution in [3.8, 4) is 0 Å². The molecule has 1 aliphatic heterocycles. The Bertz CT molecular complexity index is 1190. The van der Waals surface area contributed by atoms with Crippen molar-refractivity contribution in [1.29, 1.82) is 0 Å². The summed E-state index contributed by atoms with van der Waals surface area (Å²) in [6, 6.07) is 13.1. The fourth-order valence-corrected chi connectivity index (χ4v) is 5.94. The average molecular weight is 471 g/mol. The summed E-state index contributed by atoms with van der Waals surface area (Å²) in [5.74, 6) is -1.07. The second kappa shape index (κ2) is 9.28. The van der Waals surface area contributed by atoms with Crippen LogP contribution in [0, 0.1) is 25.5 Å². The van der Waals surface area contributed by atoms with E-state index in [2.05, 4.69) is 10.0 Å². The molecule has 10 heteroatoms. The number of rotatable bonds is 7. The minimum atomic E-state index is -0.753. The summed E-state index contributed by atoms with van der Waals surface area (Å²) in [6.07, 6.45) is 1.14. The number of aromatic nitrogens is 1. The van der Waals surface area contributed by atoms with Crippen LogP contribution in [0.1, 0.15) is 34.5 Å². The van der Waals surface area contributed by atoms with Crippen molar-refractivity contribution in [2.75, 3.05) is 11.6 Å². The highest BCUT2D eigenvalue weighted by Gasteiger charge is 2.47. The molecule has 1 aromatic heterocycles. The standard InChI is InChI=1S/C22H20F2N6S2/c1-14-15(2)31-21(27-14)30-22(11-6-12-26-29-25,16-7-4-3-5-8-16)32-20(28-30)18-13-17(23)9-10-19(18)24/h3-5,7-10,13H,6,11-12H2,1-2H3. The van der Waals surface area contributed by atoms with Gasteiger partial charge in [0.15, 0.2) is 0 Å². The number of azide groups is 1. The van der Waals surface area contributed by atoms with Crippen LogP contribution in [-0.2, 0) is 4.87 Å². The molecule has 0 bridgehead atoms. The van der Waals surface area contributed by atoms with Gasteiger partial charge < -0.3 is 0 Å². The van der Waals surface area contributed by atoms with Crippen molar-refractivity contribution in [2.45, 2.75) is 31.6 Å². The van der Waals surface area contributed by atoms with Crippen LogP contribution in [0.2, 0.25) is 0 Å². The number of hydrazone groups is 1. The fourth-order valence-electron chi connectivity index (χ4n) is 3.52. The Morgan fingerprint density at radius 1 is 1.16 bits per heavy atom. The van der Waals surface area contributed by atoms with Gasteiger partial charge in [-0.25, -0.2) is 18.8 Å². The van der Waals surface area contributed by atoms with Gasteiger partial charge in [0, 0.05) is 21.9 Å². The largest absolute Gasteiger partial charge is 0.224 e. The summed E-state index contributed by atoms with van der Waals surface area (Å²) in [5.41, 5.74) is 10.6. The number of benzene rings is 2. The van der Waals surface area contributed by atoms with Crippen LogP contribution in [0.15, 0.2) is 58.7 Å². The lowest BCUT2D eigenvalue weighted by Gasteiger charge is -2.35.